The quantitative estimate of drug-likeness (QED) is 0.613. The number of imidazole rings is 1. The van der Waals surface area contributed by atoms with Crippen molar-refractivity contribution in [2.75, 3.05) is 13.1 Å². The van der Waals surface area contributed by atoms with Crippen LogP contribution >= 0.6 is 0 Å². The second-order valence-corrected chi connectivity index (χ2v) is 3.56. The van der Waals surface area contributed by atoms with E-state index in [1.54, 1.807) is 10.8 Å². The molecule has 0 radical (unpaired) electrons. The molecule has 1 saturated heterocycles. The maximum Gasteiger partial charge on any atom is 0.326 e. The first-order valence-electron chi connectivity index (χ1n) is 4.20. The van der Waals surface area contributed by atoms with Gasteiger partial charge < -0.3 is 10.3 Å². The lowest BCUT2D eigenvalue weighted by molar-refractivity contribution is 0.344. The highest BCUT2D eigenvalue weighted by molar-refractivity contribution is 4.94. The van der Waals surface area contributed by atoms with Crippen LogP contribution in [0.5, 0.6) is 0 Å². The molecule has 12 heavy (non-hydrogen) atoms. The zero-order valence-corrected chi connectivity index (χ0v) is 7.13. The number of nitrogens with one attached hydrogen (secondary N) is 2. The molecule has 0 saturated carbocycles. The third-order valence-electron chi connectivity index (χ3n) is 2.58. The van der Waals surface area contributed by atoms with E-state index in [4.69, 9.17) is 0 Å². The van der Waals surface area contributed by atoms with Crippen molar-refractivity contribution in [3.8, 4) is 0 Å². The molecule has 4 heteroatoms. The molecule has 1 aliphatic heterocycles. The molecule has 0 aromatic carbocycles. The Morgan fingerprint density at radius 3 is 3.00 bits per heavy atom. The fourth-order valence-corrected chi connectivity index (χ4v) is 1.75. The molecule has 2 heterocycles. The molecule has 1 atom stereocenters. The number of hydrogen-bond acceptors (Lipinski definition) is 2. The Labute approximate surface area is 70.6 Å². The molecule has 1 aromatic rings. The molecule has 2 N–H and O–H groups in total. The molecule has 2 rings (SSSR count). The topological polar surface area (TPSA) is 49.8 Å². The first-order chi connectivity index (χ1) is 5.72. The highest BCUT2D eigenvalue weighted by Crippen LogP contribution is 2.20. The summed E-state index contributed by atoms with van der Waals surface area (Å²) in [6, 6.07) is 0. The Balaban J connectivity index is 2.41. The normalized spacial score (nSPS) is 29.4. The third-order valence-corrected chi connectivity index (χ3v) is 2.58. The highest BCUT2D eigenvalue weighted by atomic mass is 16.1. The maximum absolute atomic E-state index is 11.3. The first kappa shape index (κ1) is 7.61. The molecule has 0 aliphatic carbocycles. The van der Waals surface area contributed by atoms with Crippen LogP contribution < -0.4 is 11.0 Å². The Hall–Kier alpha value is -1.03. The van der Waals surface area contributed by atoms with Gasteiger partial charge in [-0.05, 0) is 19.9 Å². The number of nitrogens with zero attached hydrogens (tertiary/aromatic N) is 1. The average Bonchev–Trinajstić information content (AvgIpc) is 2.59. The van der Waals surface area contributed by atoms with Crippen LogP contribution in [-0.4, -0.2) is 22.6 Å². The summed E-state index contributed by atoms with van der Waals surface area (Å²) in [5.41, 5.74) is -0.0434. The summed E-state index contributed by atoms with van der Waals surface area (Å²) >= 11 is 0. The van der Waals surface area contributed by atoms with E-state index in [0.29, 0.717) is 0 Å². The zero-order valence-electron chi connectivity index (χ0n) is 7.13. The number of hydrogen-bond donors (Lipinski definition) is 2. The lowest BCUT2D eigenvalue weighted by Gasteiger charge is -2.23. The summed E-state index contributed by atoms with van der Waals surface area (Å²) < 4.78 is 1.77. The van der Waals surface area contributed by atoms with E-state index in [-0.39, 0.29) is 11.2 Å². The fourth-order valence-electron chi connectivity index (χ4n) is 1.75. The van der Waals surface area contributed by atoms with E-state index < -0.39 is 0 Å². The van der Waals surface area contributed by atoms with E-state index in [9.17, 15) is 4.79 Å². The van der Waals surface area contributed by atoms with Crippen molar-refractivity contribution >= 4 is 0 Å². The maximum atomic E-state index is 11.3. The fraction of sp³-hybridized carbons (Fsp3) is 0.625. The summed E-state index contributed by atoms with van der Waals surface area (Å²) in [6.45, 7) is 3.97. The van der Waals surface area contributed by atoms with Crippen molar-refractivity contribution in [2.24, 2.45) is 0 Å². The van der Waals surface area contributed by atoms with Gasteiger partial charge in [0.15, 0.2) is 0 Å². The Morgan fingerprint density at radius 1 is 1.67 bits per heavy atom. The van der Waals surface area contributed by atoms with E-state index >= 15 is 0 Å². The van der Waals surface area contributed by atoms with Crippen molar-refractivity contribution < 1.29 is 0 Å². The van der Waals surface area contributed by atoms with Crippen LogP contribution in [0.25, 0.3) is 0 Å². The van der Waals surface area contributed by atoms with Gasteiger partial charge in [0.25, 0.3) is 0 Å². The molecule has 1 aliphatic rings. The van der Waals surface area contributed by atoms with E-state index in [1.807, 2.05) is 6.20 Å². The van der Waals surface area contributed by atoms with Gasteiger partial charge >= 0.3 is 5.69 Å². The molecule has 1 aromatic heterocycles. The van der Waals surface area contributed by atoms with Crippen LogP contribution in [0.1, 0.15) is 13.3 Å². The first-order valence-corrected chi connectivity index (χ1v) is 4.20. The predicted molar refractivity (Wildman–Crippen MR) is 46.2 cm³/mol. The number of H-pyrrole nitrogens is 1. The van der Waals surface area contributed by atoms with Gasteiger partial charge in [0.05, 0.1) is 5.54 Å². The lowest BCUT2D eigenvalue weighted by Crippen LogP contribution is -2.38. The van der Waals surface area contributed by atoms with Crippen molar-refractivity contribution in [1.82, 2.24) is 14.9 Å². The molecule has 0 bridgehead atoms. The Kier molecular flexibility index (Phi) is 1.58. The van der Waals surface area contributed by atoms with Crippen molar-refractivity contribution in [3.63, 3.8) is 0 Å². The van der Waals surface area contributed by atoms with E-state index in [1.165, 1.54) is 0 Å². The Morgan fingerprint density at radius 2 is 2.50 bits per heavy atom. The minimum Gasteiger partial charge on any atom is -0.314 e. The monoisotopic (exact) mass is 167 g/mol. The van der Waals surface area contributed by atoms with Gasteiger partial charge in [-0.1, -0.05) is 0 Å². The van der Waals surface area contributed by atoms with E-state index in [2.05, 4.69) is 17.2 Å². The summed E-state index contributed by atoms with van der Waals surface area (Å²) in [5, 5.41) is 3.25. The van der Waals surface area contributed by atoms with Gasteiger partial charge in [0.2, 0.25) is 0 Å². The summed E-state index contributed by atoms with van der Waals surface area (Å²) in [7, 11) is 0. The minimum absolute atomic E-state index is 0.0128. The van der Waals surface area contributed by atoms with Crippen molar-refractivity contribution in [3.05, 3.63) is 22.9 Å². The molecule has 1 fully saturated rings. The molecule has 1 unspecified atom stereocenters. The smallest absolute Gasteiger partial charge is 0.314 e. The molecule has 0 amide bonds. The van der Waals surface area contributed by atoms with Crippen LogP contribution in [-0.2, 0) is 5.54 Å². The third kappa shape index (κ3) is 0.992. The number of rotatable bonds is 1. The second kappa shape index (κ2) is 2.48. The van der Waals surface area contributed by atoms with Crippen LogP contribution in [0.2, 0.25) is 0 Å². The van der Waals surface area contributed by atoms with Crippen LogP contribution in [0, 0.1) is 0 Å². The molecule has 4 nitrogen and oxygen atoms in total. The van der Waals surface area contributed by atoms with Crippen molar-refractivity contribution in [1.29, 1.82) is 0 Å². The minimum atomic E-state index is -0.0307. The van der Waals surface area contributed by atoms with E-state index in [0.717, 1.165) is 19.5 Å². The largest absolute Gasteiger partial charge is 0.326 e. The number of aromatic nitrogens is 2. The average molecular weight is 167 g/mol. The lowest BCUT2D eigenvalue weighted by atomic mass is 10.0. The summed E-state index contributed by atoms with van der Waals surface area (Å²) in [5.74, 6) is 0. The Bertz CT molecular complexity index is 319. The standard InChI is InChI=1S/C8H13N3O/c1-8(2-3-9-6-8)11-5-4-10-7(11)12/h4-5,9H,2-3,6H2,1H3,(H,10,12). The van der Waals surface area contributed by atoms with Crippen LogP contribution in [0.4, 0.5) is 0 Å². The molecule has 0 spiro atoms. The summed E-state index contributed by atoms with van der Waals surface area (Å²) in [6.07, 6.45) is 4.52. The highest BCUT2D eigenvalue weighted by Gasteiger charge is 2.31. The van der Waals surface area contributed by atoms with Crippen molar-refractivity contribution in [2.45, 2.75) is 18.9 Å². The van der Waals surface area contributed by atoms with Crippen LogP contribution in [0.3, 0.4) is 0 Å². The predicted octanol–water partition coefficient (Wildman–Crippen LogP) is -0.115. The van der Waals surface area contributed by atoms with Gasteiger partial charge in [-0.25, -0.2) is 4.79 Å². The van der Waals surface area contributed by atoms with Gasteiger partial charge in [0, 0.05) is 18.9 Å². The zero-order chi connectivity index (χ0) is 8.60. The molecular formula is C8H13N3O. The van der Waals surface area contributed by atoms with Gasteiger partial charge in [-0.3, -0.25) is 4.57 Å². The molecule has 66 valence electrons. The van der Waals surface area contributed by atoms with Gasteiger partial charge in [-0.2, -0.15) is 0 Å². The SMILES string of the molecule is CC1(n2cc[nH]c2=O)CCNC1. The van der Waals surface area contributed by atoms with Gasteiger partial charge in [0.1, 0.15) is 0 Å². The van der Waals surface area contributed by atoms with Crippen LogP contribution in [0.15, 0.2) is 17.2 Å². The number of aromatic amines is 1. The second-order valence-electron chi connectivity index (χ2n) is 3.56. The molecular weight excluding hydrogens is 154 g/mol. The summed E-state index contributed by atoms with van der Waals surface area (Å²) in [4.78, 5) is 13.9. The van der Waals surface area contributed by atoms with Gasteiger partial charge in [-0.15, -0.1) is 0 Å².